The van der Waals surface area contributed by atoms with E-state index < -0.39 is 0 Å². The number of likely N-dealkylation sites (N-methyl/N-ethyl adjacent to an activating group) is 1. The van der Waals surface area contributed by atoms with E-state index in [1.807, 2.05) is 6.92 Å². The standard InChI is InChI=1S/C9H20N2O2/c1-4-10-9(12)7-13-6-5-11-8(2)3/h8,11H,4-7H2,1-3H3,(H,10,12). The molecule has 1 amide bonds. The lowest BCUT2D eigenvalue weighted by molar-refractivity contribution is -0.125. The molecule has 2 N–H and O–H groups in total. The predicted molar refractivity (Wildman–Crippen MR) is 52.6 cm³/mol. The van der Waals surface area contributed by atoms with Gasteiger partial charge in [0.1, 0.15) is 6.61 Å². The fourth-order valence-corrected chi connectivity index (χ4v) is 0.833. The number of hydrogen-bond donors (Lipinski definition) is 2. The molecule has 0 atom stereocenters. The lowest BCUT2D eigenvalue weighted by Crippen LogP contribution is -2.30. The minimum Gasteiger partial charge on any atom is -0.370 e. The van der Waals surface area contributed by atoms with Crippen molar-refractivity contribution in [3.05, 3.63) is 0 Å². The highest BCUT2D eigenvalue weighted by Gasteiger charge is 1.98. The number of nitrogens with one attached hydrogen (secondary N) is 2. The molecule has 0 unspecified atom stereocenters. The Hall–Kier alpha value is -0.610. The van der Waals surface area contributed by atoms with E-state index in [1.165, 1.54) is 0 Å². The summed E-state index contributed by atoms with van der Waals surface area (Å²) in [5, 5.41) is 5.86. The van der Waals surface area contributed by atoms with Crippen LogP contribution < -0.4 is 10.6 Å². The van der Waals surface area contributed by atoms with Crippen molar-refractivity contribution < 1.29 is 9.53 Å². The highest BCUT2D eigenvalue weighted by molar-refractivity contribution is 5.77. The van der Waals surface area contributed by atoms with Crippen LogP contribution in [0.2, 0.25) is 0 Å². The first-order valence-corrected chi connectivity index (χ1v) is 4.74. The second-order valence-corrected chi connectivity index (χ2v) is 3.11. The third-order valence-electron chi connectivity index (χ3n) is 1.41. The zero-order valence-electron chi connectivity index (χ0n) is 8.72. The number of amides is 1. The smallest absolute Gasteiger partial charge is 0.245 e. The van der Waals surface area contributed by atoms with Gasteiger partial charge in [-0.1, -0.05) is 13.8 Å². The Balaban J connectivity index is 3.11. The molecule has 0 aliphatic rings. The van der Waals surface area contributed by atoms with Crippen LogP contribution in [0, 0.1) is 0 Å². The summed E-state index contributed by atoms with van der Waals surface area (Å²) >= 11 is 0. The lowest BCUT2D eigenvalue weighted by Gasteiger charge is -2.08. The van der Waals surface area contributed by atoms with E-state index in [0.717, 1.165) is 6.54 Å². The van der Waals surface area contributed by atoms with Crippen molar-refractivity contribution in [3.63, 3.8) is 0 Å². The van der Waals surface area contributed by atoms with Gasteiger partial charge in [-0.15, -0.1) is 0 Å². The van der Waals surface area contributed by atoms with Gasteiger partial charge < -0.3 is 15.4 Å². The third-order valence-corrected chi connectivity index (χ3v) is 1.41. The quantitative estimate of drug-likeness (QED) is 0.559. The molecule has 0 fully saturated rings. The molecule has 13 heavy (non-hydrogen) atoms. The van der Waals surface area contributed by atoms with Crippen LogP contribution in [-0.2, 0) is 9.53 Å². The Labute approximate surface area is 80.0 Å². The summed E-state index contributed by atoms with van der Waals surface area (Å²) < 4.78 is 5.12. The van der Waals surface area contributed by atoms with Crippen LogP contribution in [0.25, 0.3) is 0 Å². The molecule has 0 radical (unpaired) electrons. The Kier molecular flexibility index (Phi) is 7.63. The van der Waals surface area contributed by atoms with Crippen LogP contribution in [0.15, 0.2) is 0 Å². The fraction of sp³-hybridized carbons (Fsp3) is 0.889. The maximum atomic E-state index is 10.9. The van der Waals surface area contributed by atoms with Gasteiger partial charge >= 0.3 is 0 Å². The van der Waals surface area contributed by atoms with Gasteiger partial charge in [0.25, 0.3) is 0 Å². The highest BCUT2D eigenvalue weighted by atomic mass is 16.5. The molecule has 0 aromatic heterocycles. The molecule has 0 spiro atoms. The Morgan fingerprint density at radius 3 is 2.69 bits per heavy atom. The summed E-state index contributed by atoms with van der Waals surface area (Å²) in [4.78, 5) is 10.9. The van der Waals surface area contributed by atoms with Crippen molar-refractivity contribution in [1.29, 1.82) is 0 Å². The van der Waals surface area contributed by atoms with Gasteiger partial charge in [0.15, 0.2) is 0 Å². The van der Waals surface area contributed by atoms with Gasteiger partial charge in [0.05, 0.1) is 6.61 Å². The zero-order chi connectivity index (χ0) is 10.1. The molecule has 4 heteroatoms. The van der Waals surface area contributed by atoms with Gasteiger partial charge in [-0.2, -0.15) is 0 Å². The lowest BCUT2D eigenvalue weighted by atomic mass is 10.4. The predicted octanol–water partition coefficient (Wildman–Crippen LogP) is 0.137. The van der Waals surface area contributed by atoms with E-state index in [2.05, 4.69) is 24.5 Å². The average Bonchev–Trinajstić information content (AvgIpc) is 2.03. The summed E-state index contributed by atoms with van der Waals surface area (Å²) in [6.07, 6.45) is 0. The molecule has 0 aromatic carbocycles. The second kappa shape index (κ2) is 8.01. The molecule has 0 saturated carbocycles. The molecule has 0 rings (SSSR count). The number of rotatable bonds is 7. The molecular weight excluding hydrogens is 168 g/mol. The average molecular weight is 188 g/mol. The monoisotopic (exact) mass is 188 g/mol. The van der Waals surface area contributed by atoms with E-state index in [1.54, 1.807) is 0 Å². The Morgan fingerprint density at radius 2 is 2.15 bits per heavy atom. The van der Waals surface area contributed by atoms with Crippen molar-refractivity contribution >= 4 is 5.91 Å². The van der Waals surface area contributed by atoms with Gasteiger partial charge in [-0.25, -0.2) is 0 Å². The van der Waals surface area contributed by atoms with E-state index in [-0.39, 0.29) is 12.5 Å². The molecule has 4 nitrogen and oxygen atoms in total. The van der Waals surface area contributed by atoms with Crippen molar-refractivity contribution in [3.8, 4) is 0 Å². The first-order chi connectivity index (χ1) is 6.16. The highest BCUT2D eigenvalue weighted by Crippen LogP contribution is 1.77. The maximum absolute atomic E-state index is 10.9. The van der Waals surface area contributed by atoms with Gasteiger partial charge in [-0.05, 0) is 6.92 Å². The van der Waals surface area contributed by atoms with Crippen LogP contribution in [0.1, 0.15) is 20.8 Å². The fourth-order valence-electron chi connectivity index (χ4n) is 0.833. The zero-order valence-corrected chi connectivity index (χ0v) is 8.72. The van der Waals surface area contributed by atoms with Crippen LogP contribution >= 0.6 is 0 Å². The molecule has 0 bridgehead atoms. The summed E-state index contributed by atoms with van der Waals surface area (Å²) in [6, 6.07) is 0.466. The third kappa shape index (κ3) is 9.30. The van der Waals surface area contributed by atoms with Crippen molar-refractivity contribution in [2.24, 2.45) is 0 Å². The Morgan fingerprint density at radius 1 is 1.46 bits per heavy atom. The summed E-state index contributed by atoms with van der Waals surface area (Å²) in [7, 11) is 0. The summed E-state index contributed by atoms with van der Waals surface area (Å²) in [5.41, 5.74) is 0. The molecule has 0 aromatic rings. The molecule has 0 aliphatic heterocycles. The molecular formula is C9H20N2O2. The molecule has 0 saturated heterocycles. The van der Waals surface area contributed by atoms with Gasteiger partial charge in [-0.3, -0.25) is 4.79 Å². The number of carbonyl (C=O) groups excluding carboxylic acids is 1. The number of carbonyl (C=O) groups is 1. The first-order valence-electron chi connectivity index (χ1n) is 4.74. The van der Waals surface area contributed by atoms with E-state index in [9.17, 15) is 4.79 Å². The van der Waals surface area contributed by atoms with Crippen LogP contribution in [0.3, 0.4) is 0 Å². The van der Waals surface area contributed by atoms with Crippen molar-refractivity contribution in [1.82, 2.24) is 10.6 Å². The number of ether oxygens (including phenoxy) is 1. The maximum Gasteiger partial charge on any atom is 0.245 e. The largest absolute Gasteiger partial charge is 0.370 e. The second-order valence-electron chi connectivity index (χ2n) is 3.11. The van der Waals surface area contributed by atoms with Crippen LogP contribution in [-0.4, -0.2) is 38.3 Å². The summed E-state index contributed by atoms with van der Waals surface area (Å²) in [6.45, 7) is 8.22. The topological polar surface area (TPSA) is 50.4 Å². The van der Waals surface area contributed by atoms with Gasteiger partial charge in [0, 0.05) is 19.1 Å². The number of hydrogen-bond acceptors (Lipinski definition) is 3. The van der Waals surface area contributed by atoms with E-state index in [4.69, 9.17) is 4.74 Å². The molecule has 0 aliphatic carbocycles. The molecule has 0 heterocycles. The first kappa shape index (κ1) is 12.4. The molecule has 78 valence electrons. The van der Waals surface area contributed by atoms with Crippen LogP contribution in [0.4, 0.5) is 0 Å². The van der Waals surface area contributed by atoms with Crippen molar-refractivity contribution in [2.45, 2.75) is 26.8 Å². The minimum absolute atomic E-state index is 0.0490. The van der Waals surface area contributed by atoms with Crippen molar-refractivity contribution in [2.75, 3.05) is 26.3 Å². The van der Waals surface area contributed by atoms with E-state index in [0.29, 0.717) is 19.2 Å². The Bertz CT molecular complexity index is 138. The minimum atomic E-state index is -0.0490. The normalized spacial score (nSPS) is 10.5. The van der Waals surface area contributed by atoms with E-state index >= 15 is 0 Å². The van der Waals surface area contributed by atoms with Crippen LogP contribution in [0.5, 0.6) is 0 Å². The summed E-state index contributed by atoms with van der Waals surface area (Å²) in [5.74, 6) is -0.0490. The van der Waals surface area contributed by atoms with Gasteiger partial charge in [0.2, 0.25) is 5.91 Å². The SMILES string of the molecule is CCNC(=O)COCCNC(C)C.